The molecule has 4 unspecified atom stereocenters. The molecule has 2 saturated heterocycles. The van der Waals surface area contributed by atoms with E-state index in [4.69, 9.17) is 14.2 Å². The third kappa shape index (κ3) is 4.64. The van der Waals surface area contributed by atoms with Gasteiger partial charge in [0.05, 0.1) is 33.6 Å². The molecule has 2 fully saturated rings. The van der Waals surface area contributed by atoms with Gasteiger partial charge >= 0.3 is 5.97 Å². The zero-order valence-corrected chi connectivity index (χ0v) is 16.7. The number of carbonyl (C=O) groups is 1. The van der Waals surface area contributed by atoms with Crippen molar-refractivity contribution in [2.75, 3.05) is 12.4 Å². The van der Waals surface area contributed by atoms with Crippen LogP contribution in [0.5, 0.6) is 5.75 Å². The van der Waals surface area contributed by atoms with Crippen LogP contribution in [-0.2, 0) is 19.6 Å². The van der Waals surface area contributed by atoms with Crippen molar-refractivity contribution in [3.8, 4) is 5.75 Å². The van der Waals surface area contributed by atoms with Crippen LogP contribution in [0.4, 0.5) is 4.39 Å². The fourth-order valence-corrected chi connectivity index (χ4v) is 4.26. The first kappa shape index (κ1) is 21.0. The Morgan fingerprint density at radius 3 is 2.71 bits per heavy atom. The van der Waals surface area contributed by atoms with E-state index < -0.39 is 39.9 Å². The molecule has 2 aliphatic rings. The minimum Gasteiger partial charge on any atom is -0.748 e. The van der Waals surface area contributed by atoms with Crippen molar-refractivity contribution in [2.24, 2.45) is 5.92 Å². The lowest BCUT2D eigenvalue weighted by atomic mass is 9.76. The summed E-state index contributed by atoms with van der Waals surface area (Å²) in [4.78, 5) is 12.1. The van der Waals surface area contributed by atoms with E-state index in [0.717, 1.165) is 25.3 Å². The Hall–Kier alpha value is -1.71. The van der Waals surface area contributed by atoms with Crippen molar-refractivity contribution in [1.82, 2.24) is 0 Å². The molecule has 156 valence electrons. The van der Waals surface area contributed by atoms with Gasteiger partial charge in [0, 0.05) is 5.92 Å². The number of fused-ring (bicyclic) bond motifs is 2. The van der Waals surface area contributed by atoms with Crippen molar-refractivity contribution in [3.63, 3.8) is 0 Å². The number of halogens is 1. The molecule has 0 aromatic heterocycles. The molecule has 4 atom stereocenters. The number of ether oxygens (including phenoxy) is 3. The van der Waals surface area contributed by atoms with Crippen LogP contribution in [0.25, 0.3) is 0 Å². The van der Waals surface area contributed by atoms with Gasteiger partial charge in [-0.05, 0) is 50.8 Å². The van der Waals surface area contributed by atoms with Gasteiger partial charge in [0.1, 0.15) is 12.2 Å². The van der Waals surface area contributed by atoms with Crippen LogP contribution in [0.2, 0.25) is 0 Å². The van der Waals surface area contributed by atoms with Crippen LogP contribution in [0.1, 0.15) is 49.9 Å². The number of hydrogen-bond donors (Lipinski definition) is 0. The molecule has 2 bridgehead atoms. The van der Waals surface area contributed by atoms with Crippen molar-refractivity contribution < 1.29 is 36.4 Å². The van der Waals surface area contributed by atoms with Crippen LogP contribution in [0.15, 0.2) is 18.2 Å². The van der Waals surface area contributed by atoms with Crippen molar-refractivity contribution in [1.29, 1.82) is 0 Å². The van der Waals surface area contributed by atoms with Crippen LogP contribution in [0.3, 0.4) is 0 Å². The Labute approximate surface area is 163 Å². The van der Waals surface area contributed by atoms with E-state index in [9.17, 15) is 22.2 Å². The molecule has 3 rings (SSSR count). The van der Waals surface area contributed by atoms with Gasteiger partial charge in [0.2, 0.25) is 0 Å². The topological polar surface area (TPSA) is 102 Å². The fourth-order valence-electron chi connectivity index (χ4n) is 3.97. The molecule has 28 heavy (non-hydrogen) atoms. The van der Waals surface area contributed by atoms with Gasteiger partial charge in [0.25, 0.3) is 0 Å². The second-order valence-electron chi connectivity index (χ2n) is 7.53. The van der Waals surface area contributed by atoms with E-state index >= 15 is 0 Å². The zero-order chi connectivity index (χ0) is 20.5. The average molecular weight is 415 g/mol. The maximum Gasteiger partial charge on any atom is 0.338 e. The summed E-state index contributed by atoms with van der Waals surface area (Å²) in [5, 5.41) is 0. The molecule has 7 nitrogen and oxygen atoms in total. The molecular weight excluding hydrogens is 391 g/mol. The standard InChI is InChI=1S/C19H25FO7S/c1-3-19(2,14-11-13-5-7-16(14)26-13)27-17-10-12(4-6-15(17)20)18(21)25-8-9-28(22,23)24/h4,6,10,13-14,16H,3,5,7-9,11H2,1-2H3,(H,22,23,24)/p-1. The summed E-state index contributed by atoms with van der Waals surface area (Å²) in [6, 6.07) is 3.56. The van der Waals surface area contributed by atoms with Gasteiger partial charge in [-0.25, -0.2) is 17.6 Å². The second kappa shape index (κ2) is 7.96. The molecule has 0 N–H and O–H groups in total. The summed E-state index contributed by atoms with van der Waals surface area (Å²) in [7, 11) is -4.48. The van der Waals surface area contributed by atoms with Crippen molar-refractivity contribution >= 4 is 16.1 Å². The fraction of sp³-hybridized carbons (Fsp3) is 0.632. The van der Waals surface area contributed by atoms with E-state index in [2.05, 4.69) is 0 Å². The Bertz CT molecular complexity index is 841. The van der Waals surface area contributed by atoms with Gasteiger partial charge in [-0.2, -0.15) is 0 Å². The minimum atomic E-state index is -4.48. The lowest BCUT2D eigenvalue weighted by molar-refractivity contribution is -0.0163. The highest BCUT2D eigenvalue weighted by Gasteiger charge is 2.50. The zero-order valence-electron chi connectivity index (χ0n) is 15.9. The van der Waals surface area contributed by atoms with E-state index in [1.807, 2.05) is 13.8 Å². The largest absolute Gasteiger partial charge is 0.748 e. The lowest BCUT2D eigenvalue weighted by Gasteiger charge is -2.38. The van der Waals surface area contributed by atoms with Gasteiger partial charge in [-0.3, -0.25) is 0 Å². The summed E-state index contributed by atoms with van der Waals surface area (Å²) in [5.74, 6) is -2.22. The molecular formula is C19H24FO7S-. The Morgan fingerprint density at radius 2 is 2.14 bits per heavy atom. The number of benzene rings is 1. The Morgan fingerprint density at radius 1 is 1.39 bits per heavy atom. The maximum absolute atomic E-state index is 14.4. The summed E-state index contributed by atoms with van der Waals surface area (Å²) in [6.45, 7) is 3.32. The summed E-state index contributed by atoms with van der Waals surface area (Å²) < 4.78 is 62.9. The number of carbonyl (C=O) groups excluding carboxylic acids is 1. The first-order valence-corrected chi connectivity index (χ1v) is 10.9. The van der Waals surface area contributed by atoms with Gasteiger partial charge < -0.3 is 18.8 Å². The smallest absolute Gasteiger partial charge is 0.338 e. The van der Waals surface area contributed by atoms with E-state index in [0.29, 0.717) is 6.42 Å². The van der Waals surface area contributed by atoms with E-state index in [1.165, 1.54) is 12.1 Å². The monoisotopic (exact) mass is 415 g/mol. The molecule has 1 aromatic rings. The van der Waals surface area contributed by atoms with Crippen LogP contribution in [0, 0.1) is 11.7 Å². The quantitative estimate of drug-likeness (QED) is 0.475. The average Bonchev–Trinajstić information content (AvgIpc) is 3.26. The molecule has 9 heteroatoms. The van der Waals surface area contributed by atoms with Crippen LogP contribution < -0.4 is 4.74 Å². The molecule has 2 heterocycles. The predicted octanol–water partition coefficient (Wildman–Crippen LogP) is 2.64. The van der Waals surface area contributed by atoms with Crippen molar-refractivity contribution in [3.05, 3.63) is 29.6 Å². The highest BCUT2D eigenvalue weighted by atomic mass is 32.2. The summed E-state index contributed by atoms with van der Waals surface area (Å²) in [6.07, 6.45) is 3.83. The van der Waals surface area contributed by atoms with E-state index in [-0.39, 0.29) is 29.4 Å². The van der Waals surface area contributed by atoms with Crippen LogP contribution >= 0.6 is 0 Å². The maximum atomic E-state index is 14.4. The molecule has 0 spiro atoms. The van der Waals surface area contributed by atoms with Crippen LogP contribution in [-0.4, -0.2) is 49.1 Å². The molecule has 0 saturated carbocycles. The number of rotatable bonds is 8. The summed E-state index contributed by atoms with van der Waals surface area (Å²) >= 11 is 0. The van der Waals surface area contributed by atoms with Gasteiger partial charge in [-0.15, -0.1) is 0 Å². The molecule has 1 aromatic carbocycles. The molecule has 2 aliphatic heterocycles. The van der Waals surface area contributed by atoms with E-state index in [1.54, 1.807) is 0 Å². The Balaban J connectivity index is 1.72. The van der Waals surface area contributed by atoms with Crippen molar-refractivity contribution in [2.45, 2.75) is 57.3 Å². The third-order valence-corrected chi connectivity index (χ3v) is 6.34. The lowest BCUT2D eigenvalue weighted by Crippen LogP contribution is -2.45. The highest BCUT2D eigenvalue weighted by molar-refractivity contribution is 7.85. The second-order valence-corrected chi connectivity index (χ2v) is 9.05. The SMILES string of the molecule is CCC(C)(Oc1cc(C(=O)OCCS(=O)(=O)[O-])ccc1F)C1CC2CCC1O2. The number of esters is 1. The molecule has 0 aliphatic carbocycles. The highest BCUT2D eigenvalue weighted by Crippen LogP contribution is 2.46. The van der Waals surface area contributed by atoms with Gasteiger partial charge in [0.15, 0.2) is 11.6 Å². The molecule has 0 radical (unpaired) electrons. The molecule has 0 amide bonds. The summed E-state index contributed by atoms with van der Waals surface area (Å²) in [5.41, 5.74) is -0.637. The van der Waals surface area contributed by atoms with Gasteiger partial charge in [-0.1, -0.05) is 6.92 Å². The minimum absolute atomic E-state index is 0.0161. The third-order valence-electron chi connectivity index (χ3n) is 5.67. The Kier molecular flexibility index (Phi) is 5.97. The predicted molar refractivity (Wildman–Crippen MR) is 96.6 cm³/mol. The number of hydrogen-bond acceptors (Lipinski definition) is 7. The normalized spacial score (nSPS) is 26.1. The first-order chi connectivity index (χ1) is 13.1. The first-order valence-electron chi connectivity index (χ1n) is 9.36.